The minimum atomic E-state index is 0.541. The van der Waals surface area contributed by atoms with Crippen molar-refractivity contribution in [2.75, 3.05) is 25.0 Å². The molecule has 0 atom stereocenters. The number of anilines is 1. The highest BCUT2D eigenvalue weighted by molar-refractivity contribution is 6.41. The molecule has 2 N–H and O–H groups in total. The first-order valence-corrected chi connectivity index (χ1v) is 10.5. The molecule has 8 heteroatoms. The van der Waals surface area contributed by atoms with Crippen molar-refractivity contribution in [2.45, 2.75) is 38.8 Å². The first kappa shape index (κ1) is 20.8. The standard InChI is InChI=1S/C20H28Cl2N6/c1-23-20(26-14-16-12-17(21)19(22)27(16)2)25-13-15-7-8-24-18(11-15)28-9-5-3-4-6-10-28/h7-8,11-12H,3-6,9-10,13-14H2,1-2H3,(H2,23,25,26). The molecular formula is C20H28Cl2N6. The molecule has 0 aromatic carbocycles. The molecule has 0 spiro atoms. The molecule has 0 radical (unpaired) electrons. The molecular weight excluding hydrogens is 395 g/mol. The van der Waals surface area contributed by atoms with Crippen LogP contribution in [-0.2, 0) is 20.1 Å². The summed E-state index contributed by atoms with van der Waals surface area (Å²) in [6.07, 6.45) is 7.01. The fourth-order valence-electron chi connectivity index (χ4n) is 3.38. The quantitative estimate of drug-likeness (QED) is 0.565. The van der Waals surface area contributed by atoms with Crippen LogP contribution in [-0.4, -0.2) is 35.6 Å². The maximum Gasteiger partial charge on any atom is 0.191 e. The second kappa shape index (κ2) is 10.0. The monoisotopic (exact) mass is 422 g/mol. The molecule has 6 nitrogen and oxygen atoms in total. The second-order valence-electron chi connectivity index (χ2n) is 7.04. The smallest absolute Gasteiger partial charge is 0.191 e. The van der Waals surface area contributed by atoms with Crippen molar-refractivity contribution in [3.05, 3.63) is 45.8 Å². The van der Waals surface area contributed by atoms with E-state index >= 15 is 0 Å². The topological polar surface area (TPSA) is 57.5 Å². The number of pyridine rings is 1. The predicted octanol–water partition coefficient (Wildman–Crippen LogP) is 3.97. The van der Waals surface area contributed by atoms with E-state index < -0.39 is 0 Å². The van der Waals surface area contributed by atoms with Crippen molar-refractivity contribution in [2.24, 2.45) is 12.0 Å². The van der Waals surface area contributed by atoms with E-state index in [0.29, 0.717) is 23.3 Å². The Hall–Kier alpha value is -1.92. The lowest BCUT2D eigenvalue weighted by molar-refractivity contribution is 0.726. The van der Waals surface area contributed by atoms with Crippen LogP contribution in [0.3, 0.4) is 0 Å². The van der Waals surface area contributed by atoms with Gasteiger partial charge in [0.15, 0.2) is 5.96 Å². The molecule has 1 saturated heterocycles. The van der Waals surface area contributed by atoms with Crippen molar-refractivity contribution in [1.29, 1.82) is 0 Å². The number of aliphatic imine (C=N–C) groups is 1. The van der Waals surface area contributed by atoms with Crippen LogP contribution in [0, 0.1) is 0 Å². The third-order valence-electron chi connectivity index (χ3n) is 5.08. The van der Waals surface area contributed by atoms with Crippen molar-refractivity contribution in [3.63, 3.8) is 0 Å². The van der Waals surface area contributed by atoms with Crippen LogP contribution in [0.4, 0.5) is 5.82 Å². The highest BCUT2D eigenvalue weighted by atomic mass is 35.5. The maximum absolute atomic E-state index is 6.13. The Kier molecular flexibility index (Phi) is 7.45. The van der Waals surface area contributed by atoms with Gasteiger partial charge in [-0.15, -0.1) is 0 Å². The van der Waals surface area contributed by atoms with E-state index in [-0.39, 0.29) is 0 Å². The number of nitrogens with zero attached hydrogens (tertiary/aromatic N) is 4. The molecule has 0 saturated carbocycles. The predicted molar refractivity (Wildman–Crippen MR) is 117 cm³/mol. The summed E-state index contributed by atoms with van der Waals surface area (Å²) < 4.78 is 1.86. The molecule has 2 aromatic heterocycles. The molecule has 0 aliphatic carbocycles. The summed E-state index contributed by atoms with van der Waals surface area (Å²) in [5, 5.41) is 7.75. The van der Waals surface area contributed by atoms with Gasteiger partial charge < -0.3 is 20.1 Å². The summed E-state index contributed by atoms with van der Waals surface area (Å²) in [7, 11) is 3.65. The molecule has 2 aromatic rings. The summed E-state index contributed by atoms with van der Waals surface area (Å²) in [5.41, 5.74) is 2.17. The maximum atomic E-state index is 6.13. The molecule has 0 unspecified atom stereocenters. The van der Waals surface area contributed by atoms with Crippen LogP contribution in [0.2, 0.25) is 10.2 Å². The Balaban J connectivity index is 1.56. The molecule has 3 heterocycles. The summed E-state index contributed by atoms with van der Waals surface area (Å²) in [4.78, 5) is 11.3. The molecule has 0 amide bonds. The van der Waals surface area contributed by atoms with Crippen LogP contribution in [0.1, 0.15) is 36.9 Å². The highest BCUT2D eigenvalue weighted by Crippen LogP contribution is 2.25. The van der Waals surface area contributed by atoms with Gasteiger partial charge in [-0.2, -0.15) is 0 Å². The lowest BCUT2D eigenvalue weighted by Crippen LogP contribution is -2.36. The van der Waals surface area contributed by atoms with E-state index in [9.17, 15) is 0 Å². The fraction of sp³-hybridized carbons (Fsp3) is 0.500. The Morgan fingerprint density at radius 3 is 2.46 bits per heavy atom. The highest BCUT2D eigenvalue weighted by Gasteiger charge is 2.12. The van der Waals surface area contributed by atoms with Gasteiger partial charge in [0, 0.05) is 45.6 Å². The van der Waals surface area contributed by atoms with Gasteiger partial charge in [-0.05, 0) is 36.6 Å². The van der Waals surface area contributed by atoms with E-state index in [4.69, 9.17) is 23.2 Å². The number of aromatic nitrogens is 2. The normalized spacial score (nSPS) is 15.4. The van der Waals surface area contributed by atoms with Crippen LogP contribution >= 0.6 is 23.2 Å². The molecule has 152 valence electrons. The van der Waals surface area contributed by atoms with E-state index in [0.717, 1.165) is 30.6 Å². The summed E-state index contributed by atoms with van der Waals surface area (Å²) >= 11 is 12.2. The van der Waals surface area contributed by atoms with Gasteiger partial charge in [-0.1, -0.05) is 36.0 Å². The second-order valence-corrected chi connectivity index (χ2v) is 7.80. The number of hydrogen-bond acceptors (Lipinski definition) is 3. The summed E-state index contributed by atoms with van der Waals surface area (Å²) in [5.74, 6) is 1.79. The summed E-state index contributed by atoms with van der Waals surface area (Å²) in [6, 6.07) is 6.07. The number of halogens is 2. The Labute approximate surface area is 176 Å². The molecule has 1 fully saturated rings. The Bertz CT molecular complexity index is 809. The lowest BCUT2D eigenvalue weighted by atomic mass is 10.2. The average Bonchev–Trinajstić information content (AvgIpc) is 2.92. The van der Waals surface area contributed by atoms with Crippen molar-refractivity contribution in [1.82, 2.24) is 20.2 Å². The van der Waals surface area contributed by atoms with Gasteiger partial charge >= 0.3 is 0 Å². The zero-order valence-electron chi connectivity index (χ0n) is 16.5. The van der Waals surface area contributed by atoms with E-state index in [1.807, 2.05) is 29.9 Å². The van der Waals surface area contributed by atoms with Gasteiger partial charge in [0.1, 0.15) is 11.0 Å². The van der Waals surface area contributed by atoms with Gasteiger partial charge in [0.05, 0.1) is 11.6 Å². The van der Waals surface area contributed by atoms with Crippen LogP contribution in [0.5, 0.6) is 0 Å². The number of rotatable bonds is 5. The largest absolute Gasteiger partial charge is 0.357 e. The Morgan fingerprint density at radius 2 is 1.82 bits per heavy atom. The first-order valence-electron chi connectivity index (χ1n) is 9.72. The fourth-order valence-corrected chi connectivity index (χ4v) is 3.80. The van der Waals surface area contributed by atoms with Gasteiger partial charge in [-0.3, -0.25) is 4.99 Å². The van der Waals surface area contributed by atoms with Crippen LogP contribution in [0.25, 0.3) is 0 Å². The third-order valence-corrected chi connectivity index (χ3v) is 5.92. The van der Waals surface area contributed by atoms with Gasteiger partial charge in [0.25, 0.3) is 0 Å². The van der Waals surface area contributed by atoms with Crippen LogP contribution in [0.15, 0.2) is 29.4 Å². The summed E-state index contributed by atoms with van der Waals surface area (Å²) in [6.45, 7) is 3.44. The molecule has 1 aliphatic heterocycles. The number of guanidine groups is 1. The zero-order chi connectivity index (χ0) is 19.9. The van der Waals surface area contributed by atoms with E-state index in [1.54, 1.807) is 7.05 Å². The molecule has 0 bridgehead atoms. The van der Waals surface area contributed by atoms with Gasteiger partial charge in [-0.25, -0.2) is 4.98 Å². The van der Waals surface area contributed by atoms with E-state index in [2.05, 4.69) is 31.6 Å². The van der Waals surface area contributed by atoms with Crippen molar-refractivity contribution >= 4 is 35.0 Å². The van der Waals surface area contributed by atoms with E-state index in [1.165, 1.54) is 31.2 Å². The molecule has 3 rings (SSSR count). The van der Waals surface area contributed by atoms with Crippen molar-refractivity contribution in [3.8, 4) is 0 Å². The van der Waals surface area contributed by atoms with Gasteiger partial charge in [0.2, 0.25) is 0 Å². The molecule has 28 heavy (non-hydrogen) atoms. The molecule has 1 aliphatic rings. The minimum Gasteiger partial charge on any atom is -0.357 e. The number of nitrogens with one attached hydrogen (secondary N) is 2. The zero-order valence-corrected chi connectivity index (χ0v) is 18.0. The Morgan fingerprint density at radius 1 is 1.11 bits per heavy atom. The lowest BCUT2D eigenvalue weighted by Gasteiger charge is -2.22. The van der Waals surface area contributed by atoms with Crippen LogP contribution < -0.4 is 15.5 Å². The van der Waals surface area contributed by atoms with Crippen molar-refractivity contribution < 1.29 is 0 Å². The SMILES string of the molecule is CN=C(NCc1ccnc(N2CCCCCC2)c1)NCc1cc(Cl)c(Cl)n1C. The average molecular weight is 423 g/mol. The minimum absolute atomic E-state index is 0.541. The third kappa shape index (κ3) is 5.32. The number of hydrogen-bond donors (Lipinski definition) is 2. The first-order chi connectivity index (χ1) is 13.6.